The Morgan fingerprint density at radius 3 is 2.41 bits per heavy atom. The molecule has 5 amide bonds. The van der Waals surface area contributed by atoms with E-state index < -0.39 is 57.5 Å². The van der Waals surface area contributed by atoms with E-state index >= 15 is 0 Å². The number of carbonyl (C=O) groups excluding carboxylic acids is 5. The molecule has 1 unspecified atom stereocenters. The molecule has 1 aromatic carbocycles. The summed E-state index contributed by atoms with van der Waals surface area (Å²) in [6, 6.07) is 2.12. The van der Waals surface area contributed by atoms with Crippen LogP contribution in [0.5, 0.6) is 0 Å². The Hall–Kier alpha value is -3.63. The number of rotatable bonds is 2. The van der Waals surface area contributed by atoms with Crippen molar-refractivity contribution in [2.24, 2.45) is 0 Å². The summed E-state index contributed by atoms with van der Waals surface area (Å²) in [7, 11) is 0. The number of benzene rings is 1. The second-order valence-electron chi connectivity index (χ2n) is 7.54. The summed E-state index contributed by atoms with van der Waals surface area (Å²) >= 11 is 0. The molecule has 1 atom stereocenters. The van der Waals surface area contributed by atoms with Gasteiger partial charge in [0.15, 0.2) is 0 Å². The summed E-state index contributed by atoms with van der Waals surface area (Å²) in [5, 5.41) is 11.2. The van der Waals surface area contributed by atoms with E-state index in [0.29, 0.717) is 4.90 Å². The lowest BCUT2D eigenvalue weighted by atomic mass is 10.0. The largest absolute Gasteiger partial charge is 0.443 e. The summed E-state index contributed by atoms with van der Waals surface area (Å²) < 4.78 is 5.06. The molecule has 1 aromatic rings. The van der Waals surface area contributed by atoms with Gasteiger partial charge in [-0.2, -0.15) is 4.90 Å². The van der Waals surface area contributed by atoms with Crippen molar-refractivity contribution < 1.29 is 33.6 Å². The minimum atomic E-state index is -1.45. The van der Waals surface area contributed by atoms with E-state index in [-0.39, 0.29) is 23.3 Å². The third kappa shape index (κ3) is 3.35. The molecule has 2 heterocycles. The topological polar surface area (TPSA) is 144 Å². The quantitative estimate of drug-likeness (QED) is 0.412. The second kappa shape index (κ2) is 6.76. The van der Waals surface area contributed by atoms with Crippen molar-refractivity contribution in [3.63, 3.8) is 0 Å². The predicted molar refractivity (Wildman–Crippen MR) is 94.7 cm³/mol. The van der Waals surface area contributed by atoms with Crippen molar-refractivity contribution in [1.29, 1.82) is 0 Å². The van der Waals surface area contributed by atoms with Crippen LogP contribution >= 0.6 is 0 Å². The van der Waals surface area contributed by atoms with Crippen LogP contribution in [0, 0.1) is 10.1 Å². The molecule has 0 radical (unpaired) electrons. The van der Waals surface area contributed by atoms with Crippen LogP contribution in [0.1, 0.15) is 54.3 Å². The molecule has 0 bridgehead atoms. The van der Waals surface area contributed by atoms with Crippen molar-refractivity contribution in [2.45, 2.75) is 45.3 Å². The Kier molecular flexibility index (Phi) is 4.69. The molecule has 1 saturated heterocycles. The molecular formula is C18H17N3O8. The third-order valence-electron chi connectivity index (χ3n) is 4.40. The van der Waals surface area contributed by atoms with Gasteiger partial charge in [-0.1, -0.05) is 6.07 Å². The van der Waals surface area contributed by atoms with Gasteiger partial charge in [0.05, 0.1) is 10.5 Å². The van der Waals surface area contributed by atoms with Gasteiger partial charge < -0.3 is 4.74 Å². The maximum absolute atomic E-state index is 12.8. The van der Waals surface area contributed by atoms with Crippen LogP contribution in [-0.4, -0.2) is 56.1 Å². The number of likely N-dealkylation sites (tertiary alicyclic amines) is 1. The van der Waals surface area contributed by atoms with Gasteiger partial charge in [0.1, 0.15) is 17.2 Å². The fourth-order valence-corrected chi connectivity index (χ4v) is 3.23. The Bertz CT molecular complexity index is 978. The lowest BCUT2D eigenvalue weighted by molar-refractivity contribution is -0.385. The van der Waals surface area contributed by atoms with Crippen LogP contribution in [0.15, 0.2) is 18.2 Å². The minimum Gasteiger partial charge on any atom is -0.443 e. The highest BCUT2D eigenvalue weighted by molar-refractivity contribution is 6.25. The Morgan fingerprint density at radius 2 is 1.83 bits per heavy atom. The van der Waals surface area contributed by atoms with Gasteiger partial charge >= 0.3 is 6.09 Å². The molecule has 2 aliphatic heterocycles. The number of ether oxygens (including phenoxy) is 1. The minimum absolute atomic E-state index is 0.198. The number of hydrogen-bond acceptors (Lipinski definition) is 8. The van der Waals surface area contributed by atoms with Crippen LogP contribution in [0.4, 0.5) is 10.5 Å². The van der Waals surface area contributed by atoms with Crippen LogP contribution in [0.2, 0.25) is 0 Å². The first-order chi connectivity index (χ1) is 13.4. The third-order valence-corrected chi connectivity index (χ3v) is 4.40. The smallest absolute Gasteiger partial charge is 0.424 e. The zero-order valence-electron chi connectivity index (χ0n) is 15.8. The van der Waals surface area contributed by atoms with Gasteiger partial charge in [0, 0.05) is 12.5 Å². The van der Waals surface area contributed by atoms with Crippen LogP contribution in [0.3, 0.4) is 0 Å². The number of nitro benzene ring substituents is 1. The first-order valence-electron chi connectivity index (χ1n) is 8.69. The molecule has 0 aromatic heterocycles. The molecule has 0 aliphatic carbocycles. The Labute approximate surface area is 164 Å². The molecule has 152 valence electrons. The summed E-state index contributed by atoms with van der Waals surface area (Å²) in [5.41, 5.74) is -2.18. The molecule has 11 nitrogen and oxygen atoms in total. The summed E-state index contributed by atoms with van der Waals surface area (Å²) in [6.07, 6.45) is -1.69. The highest BCUT2D eigenvalue weighted by Gasteiger charge is 2.51. The number of carbonyl (C=O) groups is 5. The molecule has 1 fully saturated rings. The van der Waals surface area contributed by atoms with Gasteiger partial charge in [-0.05, 0) is 33.3 Å². The lowest BCUT2D eigenvalue weighted by Crippen LogP contribution is -2.58. The monoisotopic (exact) mass is 403 g/mol. The standard InChI is InChI=1S/C18H17N3O8/c1-18(2,3)29-17(26)20-12(22)8-7-11(15(20)24)19-14(23)9-5-4-6-10(21(27)28)13(9)16(19)25/h4-6,11H,7-8H2,1-3H3. The molecule has 11 heteroatoms. The molecule has 0 N–H and O–H groups in total. The molecule has 3 rings (SSSR count). The zero-order chi connectivity index (χ0) is 21.7. The van der Waals surface area contributed by atoms with E-state index in [9.17, 15) is 34.1 Å². The average Bonchev–Trinajstić information content (AvgIpc) is 2.85. The van der Waals surface area contributed by atoms with E-state index in [0.717, 1.165) is 6.07 Å². The first kappa shape index (κ1) is 20.1. The number of amides is 5. The Balaban J connectivity index is 1.96. The van der Waals surface area contributed by atoms with E-state index in [4.69, 9.17) is 4.74 Å². The SMILES string of the molecule is CC(C)(C)OC(=O)N1C(=O)CCC(N2C(=O)c3cccc([N+](=O)[O-])c3C2=O)C1=O. The van der Waals surface area contributed by atoms with Crippen molar-refractivity contribution in [3.8, 4) is 0 Å². The van der Waals surface area contributed by atoms with E-state index in [2.05, 4.69) is 0 Å². The molecule has 0 saturated carbocycles. The highest BCUT2D eigenvalue weighted by Crippen LogP contribution is 2.34. The van der Waals surface area contributed by atoms with Crippen molar-refractivity contribution in [2.75, 3.05) is 0 Å². The van der Waals surface area contributed by atoms with Crippen LogP contribution in [0.25, 0.3) is 0 Å². The first-order valence-corrected chi connectivity index (χ1v) is 8.69. The molecular weight excluding hydrogens is 386 g/mol. The second-order valence-corrected chi connectivity index (χ2v) is 7.54. The zero-order valence-corrected chi connectivity index (χ0v) is 15.8. The molecule has 2 aliphatic rings. The van der Waals surface area contributed by atoms with Gasteiger partial charge in [0.2, 0.25) is 5.91 Å². The van der Waals surface area contributed by atoms with E-state index in [1.54, 1.807) is 20.8 Å². The van der Waals surface area contributed by atoms with Crippen molar-refractivity contribution in [1.82, 2.24) is 9.80 Å². The summed E-state index contributed by atoms with van der Waals surface area (Å²) in [4.78, 5) is 74.1. The fraction of sp³-hybridized carbons (Fsp3) is 0.389. The molecule has 29 heavy (non-hydrogen) atoms. The van der Waals surface area contributed by atoms with Crippen LogP contribution in [-0.2, 0) is 14.3 Å². The highest BCUT2D eigenvalue weighted by atomic mass is 16.6. The number of fused-ring (bicyclic) bond motifs is 1. The number of hydrogen-bond donors (Lipinski definition) is 0. The van der Waals surface area contributed by atoms with Crippen molar-refractivity contribution >= 4 is 35.4 Å². The van der Waals surface area contributed by atoms with Gasteiger partial charge in [-0.25, -0.2) is 4.79 Å². The van der Waals surface area contributed by atoms with E-state index in [1.807, 2.05) is 0 Å². The van der Waals surface area contributed by atoms with Gasteiger partial charge in [-0.3, -0.25) is 34.2 Å². The number of piperidine rings is 1. The fourth-order valence-electron chi connectivity index (χ4n) is 3.23. The maximum Gasteiger partial charge on any atom is 0.424 e. The predicted octanol–water partition coefficient (Wildman–Crippen LogP) is 1.64. The van der Waals surface area contributed by atoms with Gasteiger partial charge in [-0.15, -0.1) is 0 Å². The number of nitro groups is 1. The number of nitrogens with zero attached hydrogens (tertiary/aromatic N) is 3. The van der Waals surface area contributed by atoms with Crippen molar-refractivity contribution in [3.05, 3.63) is 39.4 Å². The molecule has 0 spiro atoms. The maximum atomic E-state index is 12.8. The van der Waals surface area contributed by atoms with Gasteiger partial charge in [0.25, 0.3) is 23.4 Å². The summed E-state index contributed by atoms with van der Waals surface area (Å²) in [5.74, 6) is -3.82. The summed E-state index contributed by atoms with van der Waals surface area (Å²) in [6.45, 7) is 4.64. The van der Waals surface area contributed by atoms with E-state index in [1.165, 1.54) is 12.1 Å². The lowest BCUT2D eigenvalue weighted by Gasteiger charge is -2.34. The Morgan fingerprint density at radius 1 is 1.17 bits per heavy atom. The normalized spacial score (nSPS) is 19.5. The van der Waals surface area contributed by atoms with Crippen LogP contribution < -0.4 is 0 Å². The number of imide groups is 4. The average molecular weight is 403 g/mol.